The number of carbonyl (C=O) groups is 2. The van der Waals surface area contributed by atoms with E-state index in [-0.39, 0.29) is 11.8 Å². The summed E-state index contributed by atoms with van der Waals surface area (Å²) in [6.45, 7) is 5.11. The summed E-state index contributed by atoms with van der Waals surface area (Å²) in [7, 11) is 1.71. The fourth-order valence-corrected chi connectivity index (χ4v) is 1.45. The summed E-state index contributed by atoms with van der Waals surface area (Å²) in [6.07, 6.45) is 0. The Kier molecular flexibility index (Phi) is 6.02. The highest BCUT2D eigenvalue weighted by atomic mass is 16.5. The third-order valence-electron chi connectivity index (χ3n) is 2.66. The van der Waals surface area contributed by atoms with Crippen molar-refractivity contribution in [3.05, 3.63) is 29.8 Å². The van der Waals surface area contributed by atoms with E-state index in [1.165, 1.54) is 6.92 Å². The van der Waals surface area contributed by atoms with Crippen molar-refractivity contribution in [1.82, 2.24) is 4.90 Å². The molecule has 1 aromatic rings. The first-order valence-corrected chi connectivity index (χ1v) is 6.25. The summed E-state index contributed by atoms with van der Waals surface area (Å²) < 4.78 is 5.19. The van der Waals surface area contributed by atoms with Crippen LogP contribution in [0.2, 0.25) is 0 Å². The van der Waals surface area contributed by atoms with Gasteiger partial charge in [0.15, 0.2) is 5.78 Å². The summed E-state index contributed by atoms with van der Waals surface area (Å²) in [5, 5.41) is 2.75. The zero-order chi connectivity index (χ0) is 14.3. The van der Waals surface area contributed by atoms with E-state index < -0.39 is 0 Å². The van der Waals surface area contributed by atoms with Gasteiger partial charge >= 0.3 is 6.03 Å². The minimum Gasteiger partial charge on any atom is -0.380 e. The van der Waals surface area contributed by atoms with Gasteiger partial charge in [0.25, 0.3) is 0 Å². The van der Waals surface area contributed by atoms with Crippen LogP contribution in [0, 0.1) is 0 Å². The SMILES string of the molecule is CCOCCN(C)C(=O)Nc1ccc(C(C)=O)cc1. The zero-order valence-electron chi connectivity index (χ0n) is 11.6. The largest absolute Gasteiger partial charge is 0.380 e. The number of hydrogen-bond acceptors (Lipinski definition) is 3. The Hall–Kier alpha value is -1.88. The molecule has 0 fully saturated rings. The third-order valence-corrected chi connectivity index (χ3v) is 2.66. The molecule has 0 saturated carbocycles. The highest BCUT2D eigenvalue weighted by Gasteiger charge is 2.08. The maximum absolute atomic E-state index is 11.8. The number of likely N-dealkylation sites (N-methyl/N-ethyl adjacent to an activating group) is 1. The summed E-state index contributed by atoms with van der Waals surface area (Å²) in [6, 6.07) is 6.61. The summed E-state index contributed by atoms with van der Waals surface area (Å²) in [4.78, 5) is 24.5. The molecule has 19 heavy (non-hydrogen) atoms. The molecular weight excluding hydrogens is 244 g/mol. The van der Waals surface area contributed by atoms with Crippen LogP contribution in [-0.2, 0) is 4.74 Å². The predicted octanol–water partition coefficient (Wildman–Crippen LogP) is 2.39. The molecule has 0 aliphatic carbocycles. The number of ketones is 1. The molecule has 0 aromatic heterocycles. The van der Waals surface area contributed by atoms with Crippen molar-refractivity contribution in [1.29, 1.82) is 0 Å². The molecule has 0 spiro atoms. The van der Waals surface area contributed by atoms with Crippen molar-refractivity contribution in [2.75, 3.05) is 32.1 Å². The van der Waals surface area contributed by atoms with Crippen molar-refractivity contribution in [3.63, 3.8) is 0 Å². The number of urea groups is 1. The number of hydrogen-bond donors (Lipinski definition) is 1. The van der Waals surface area contributed by atoms with Crippen molar-refractivity contribution < 1.29 is 14.3 Å². The number of Topliss-reactive ketones (excluding diaryl/α,β-unsaturated/α-hetero) is 1. The Morgan fingerprint density at radius 3 is 2.42 bits per heavy atom. The van der Waals surface area contributed by atoms with Gasteiger partial charge in [0, 0.05) is 31.5 Å². The minimum atomic E-state index is -0.199. The molecule has 0 bridgehead atoms. The van der Waals surface area contributed by atoms with Crippen LogP contribution >= 0.6 is 0 Å². The minimum absolute atomic E-state index is 0.00621. The van der Waals surface area contributed by atoms with E-state index >= 15 is 0 Å². The van der Waals surface area contributed by atoms with Crippen LogP contribution in [0.3, 0.4) is 0 Å². The molecule has 104 valence electrons. The number of nitrogens with zero attached hydrogens (tertiary/aromatic N) is 1. The highest BCUT2D eigenvalue weighted by molar-refractivity contribution is 5.95. The maximum Gasteiger partial charge on any atom is 0.321 e. The third kappa shape index (κ3) is 5.09. The molecule has 0 aliphatic rings. The van der Waals surface area contributed by atoms with Gasteiger partial charge in [-0.05, 0) is 38.1 Å². The molecule has 5 nitrogen and oxygen atoms in total. The fourth-order valence-electron chi connectivity index (χ4n) is 1.45. The number of carbonyl (C=O) groups excluding carboxylic acids is 2. The molecule has 1 rings (SSSR count). The molecule has 0 aliphatic heterocycles. The monoisotopic (exact) mass is 264 g/mol. The lowest BCUT2D eigenvalue weighted by Gasteiger charge is -2.17. The van der Waals surface area contributed by atoms with Crippen molar-refractivity contribution in [2.24, 2.45) is 0 Å². The number of amides is 2. The van der Waals surface area contributed by atoms with Crippen LogP contribution in [0.25, 0.3) is 0 Å². The van der Waals surface area contributed by atoms with E-state index in [1.807, 2.05) is 6.92 Å². The van der Waals surface area contributed by atoms with Gasteiger partial charge in [-0.3, -0.25) is 4.79 Å². The van der Waals surface area contributed by atoms with Gasteiger partial charge in [-0.25, -0.2) is 4.79 Å². The molecular formula is C14H20N2O3. The van der Waals surface area contributed by atoms with E-state index in [0.717, 1.165) is 0 Å². The van der Waals surface area contributed by atoms with Gasteiger partial charge in [0.05, 0.1) is 6.61 Å². The standard InChI is InChI=1S/C14H20N2O3/c1-4-19-10-9-16(3)14(18)15-13-7-5-12(6-8-13)11(2)17/h5-8H,4,9-10H2,1-3H3,(H,15,18). The molecule has 1 N–H and O–H groups in total. The van der Waals surface area contributed by atoms with E-state index in [2.05, 4.69) is 5.32 Å². The smallest absolute Gasteiger partial charge is 0.321 e. The average Bonchev–Trinajstić information content (AvgIpc) is 2.39. The molecule has 0 heterocycles. The second kappa shape index (κ2) is 7.53. The Bertz CT molecular complexity index is 429. The first-order chi connectivity index (χ1) is 9.04. The lowest BCUT2D eigenvalue weighted by molar-refractivity contribution is 0.101. The topological polar surface area (TPSA) is 58.6 Å². The van der Waals surface area contributed by atoms with Crippen molar-refractivity contribution in [3.8, 4) is 0 Å². The van der Waals surface area contributed by atoms with Crippen LogP contribution in [-0.4, -0.2) is 43.5 Å². The summed E-state index contributed by atoms with van der Waals surface area (Å²) in [5.41, 5.74) is 1.29. The van der Waals surface area contributed by atoms with Crippen molar-refractivity contribution >= 4 is 17.5 Å². The number of anilines is 1. The Balaban J connectivity index is 2.49. The molecule has 0 radical (unpaired) electrons. The van der Waals surface area contributed by atoms with Crippen LogP contribution in [0.15, 0.2) is 24.3 Å². The van der Waals surface area contributed by atoms with E-state index in [0.29, 0.717) is 31.0 Å². The molecule has 0 atom stereocenters. The Labute approximate surface area is 113 Å². The van der Waals surface area contributed by atoms with Crippen LogP contribution in [0.5, 0.6) is 0 Å². The first-order valence-electron chi connectivity index (χ1n) is 6.25. The fraction of sp³-hybridized carbons (Fsp3) is 0.429. The first kappa shape index (κ1) is 15.2. The number of benzene rings is 1. The van der Waals surface area contributed by atoms with E-state index in [9.17, 15) is 9.59 Å². The molecule has 2 amide bonds. The highest BCUT2D eigenvalue weighted by Crippen LogP contribution is 2.10. The van der Waals surface area contributed by atoms with Gasteiger partial charge in [0.1, 0.15) is 0 Å². The molecule has 5 heteroatoms. The van der Waals surface area contributed by atoms with Crippen LogP contribution in [0.4, 0.5) is 10.5 Å². The van der Waals surface area contributed by atoms with Crippen molar-refractivity contribution in [2.45, 2.75) is 13.8 Å². The number of nitrogens with one attached hydrogen (secondary N) is 1. The molecule has 0 saturated heterocycles. The summed E-state index contributed by atoms with van der Waals surface area (Å²) in [5.74, 6) is 0.00621. The van der Waals surface area contributed by atoms with Gasteiger partial charge in [0.2, 0.25) is 0 Å². The van der Waals surface area contributed by atoms with Gasteiger partial charge in [-0.15, -0.1) is 0 Å². The maximum atomic E-state index is 11.8. The lowest BCUT2D eigenvalue weighted by atomic mass is 10.1. The molecule has 0 unspecified atom stereocenters. The van der Waals surface area contributed by atoms with Crippen LogP contribution < -0.4 is 5.32 Å². The second-order valence-corrected chi connectivity index (χ2v) is 4.18. The lowest BCUT2D eigenvalue weighted by Crippen LogP contribution is -2.34. The quantitative estimate of drug-likeness (QED) is 0.634. The van der Waals surface area contributed by atoms with Gasteiger partial charge in [-0.2, -0.15) is 0 Å². The van der Waals surface area contributed by atoms with Crippen LogP contribution in [0.1, 0.15) is 24.2 Å². The Morgan fingerprint density at radius 1 is 1.26 bits per heavy atom. The van der Waals surface area contributed by atoms with Gasteiger partial charge in [-0.1, -0.05) is 0 Å². The second-order valence-electron chi connectivity index (χ2n) is 4.18. The zero-order valence-corrected chi connectivity index (χ0v) is 11.6. The van der Waals surface area contributed by atoms with E-state index in [4.69, 9.17) is 4.74 Å². The van der Waals surface area contributed by atoms with Gasteiger partial charge < -0.3 is 15.0 Å². The van der Waals surface area contributed by atoms with E-state index in [1.54, 1.807) is 36.2 Å². The normalized spacial score (nSPS) is 10.1. The Morgan fingerprint density at radius 2 is 1.89 bits per heavy atom. The summed E-state index contributed by atoms with van der Waals surface area (Å²) >= 11 is 0. The average molecular weight is 264 g/mol. The molecule has 1 aromatic carbocycles. The predicted molar refractivity (Wildman–Crippen MR) is 74.6 cm³/mol. The number of ether oxygens (including phenoxy) is 1. The number of rotatable bonds is 6.